The molecular formula is C13H20N4O2. The molecule has 1 aromatic rings. The Balaban J connectivity index is 2.35. The number of nitrogens with zero attached hydrogens (tertiary/aromatic N) is 3. The third-order valence-corrected chi connectivity index (χ3v) is 3.43. The molecule has 0 bridgehead atoms. The van der Waals surface area contributed by atoms with Crippen LogP contribution in [0.15, 0.2) is 23.4 Å². The molecule has 3 N–H and O–H groups in total. The number of benzene rings is 1. The van der Waals surface area contributed by atoms with Gasteiger partial charge in [0.2, 0.25) is 0 Å². The molecule has 0 atom stereocenters. The van der Waals surface area contributed by atoms with E-state index in [1.807, 2.05) is 18.2 Å². The molecule has 19 heavy (non-hydrogen) atoms. The Hall–Kier alpha value is -1.95. The minimum absolute atomic E-state index is 0.122. The molecule has 104 valence electrons. The van der Waals surface area contributed by atoms with Crippen LogP contribution in [-0.2, 0) is 0 Å². The summed E-state index contributed by atoms with van der Waals surface area (Å²) in [5.41, 5.74) is 7.42. The molecule has 1 aliphatic rings. The maximum absolute atomic E-state index is 8.88. The molecule has 6 heteroatoms. The van der Waals surface area contributed by atoms with Gasteiger partial charge in [-0.05, 0) is 19.2 Å². The molecule has 0 radical (unpaired) electrons. The number of nitrogens with two attached hydrogens (primary N) is 1. The highest BCUT2D eigenvalue weighted by atomic mass is 16.5. The highest BCUT2D eigenvalue weighted by Crippen LogP contribution is 2.27. The van der Waals surface area contributed by atoms with Gasteiger partial charge in [-0.25, -0.2) is 0 Å². The van der Waals surface area contributed by atoms with Crippen LogP contribution in [0.4, 0.5) is 5.69 Å². The van der Waals surface area contributed by atoms with Crippen LogP contribution in [-0.4, -0.2) is 56.3 Å². The van der Waals surface area contributed by atoms with E-state index < -0.39 is 0 Å². The first-order valence-corrected chi connectivity index (χ1v) is 6.25. The summed E-state index contributed by atoms with van der Waals surface area (Å²) < 4.78 is 5.25. The predicted octanol–water partition coefficient (Wildman–Crippen LogP) is 0.542. The third-order valence-electron chi connectivity index (χ3n) is 3.43. The number of ether oxygens (including phenoxy) is 1. The topological polar surface area (TPSA) is 74.3 Å². The second-order valence-electron chi connectivity index (χ2n) is 4.66. The zero-order valence-corrected chi connectivity index (χ0v) is 11.3. The molecule has 1 aromatic carbocycles. The fourth-order valence-electron chi connectivity index (χ4n) is 2.22. The summed E-state index contributed by atoms with van der Waals surface area (Å²) in [6.07, 6.45) is 0. The van der Waals surface area contributed by atoms with Gasteiger partial charge in [0, 0.05) is 37.8 Å². The van der Waals surface area contributed by atoms with E-state index >= 15 is 0 Å². The fraction of sp³-hybridized carbons (Fsp3) is 0.462. The van der Waals surface area contributed by atoms with E-state index in [0.717, 1.165) is 43.2 Å². The number of amidine groups is 1. The number of oxime groups is 1. The molecule has 2 rings (SSSR count). The van der Waals surface area contributed by atoms with Crippen LogP contribution < -0.4 is 15.4 Å². The SMILES string of the molecule is COc1ccc(/C(N)=N/O)c(N2CCN(C)CC2)c1. The van der Waals surface area contributed by atoms with Gasteiger partial charge >= 0.3 is 0 Å². The van der Waals surface area contributed by atoms with Gasteiger partial charge in [-0.1, -0.05) is 5.16 Å². The molecule has 0 saturated carbocycles. The monoisotopic (exact) mass is 264 g/mol. The number of hydrogen-bond acceptors (Lipinski definition) is 5. The second kappa shape index (κ2) is 5.79. The Morgan fingerprint density at radius 3 is 2.58 bits per heavy atom. The summed E-state index contributed by atoms with van der Waals surface area (Å²) in [4.78, 5) is 4.51. The van der Waals surface area contributed by atoms with Gasteiger partial charge in [0.1, 0.15) is 5.75 Å². The Labute approximate surface area is 113 Å². The zero-order valence-electron chi connectivity index (χ0n) is 11.3. The molecule has 0 aromatic heterocycles. The molecule has 1 heterocycles. The fourth-order valence-corrected chi connectivity index (χ4v) is 2.22. The normalized spacial score (nSPS) is 17.6. The molecule has 1 fully saturated rings. The van der Waals surface area contributed by atoms with E-state index in [4.69, 9.17) is 15.7 Å². The number of rotatable bonds is 3. The minimum atomic E-state index is 0.122. The van der Waals surface area contributed by atoms with Crippen molar-refractivity contribution < 1.29 is 9.94 Å². The largest absolute Gasteiger partial charge is 0.497 e. The lowest BCUT2D eigenvalue weighted by Crippen LogP contribution is -2.45. The average Bonchev–Trinajstić information content (AvgIpc) is 2.46. The average molecular weight is 264 g/mol. The summed E-state index contributed by atoms with van der Waals surface area (Å²) in [5, 5.41) is 12.0. The van der Waals surface area contributed by atoms with Crippen molar-refractivity contribution in [3.05, 3.63) is 23.8 Å². The molecule has 1 aliphatic heterocycles. The van der Waals surface area contributed by atoms with E-state index in [2.05, 4.69) is 22.0 Å². The van der Waals surface area contributed by atoms with Crippen molar-refractivity contribution in [1.29, 1.82) is 0 Å². The van der Waals surface area contributed by atoms with Gasteiger partial charge in [-0.15, -0.1) is 0 Å². The number of methoxy groups -OCH3 is 1. The molecular weight excluding hydrogens is 244 g/mol. The van der Waals surface area contributed by atoms with Gasteiger partial charge in [0.15, 0.2) is 5.84 Å². The van der Waals surface area contributed by atoms with Gasteiger partial charge < -0.3 is 25.5 Å². The summed E-state index contributed by atoms with van der Waals surface area (Å²) in [5.74, 6) is 0.889. The Morgan fingerprint density at radius 2 is 2.00 bits per heavy atom. The lowest BCUT2D eigenvalue weighted by atomic mass is 10.1. The lowest BCUT2D eigenvalue weighted by Gasteiger charge is -2.35. The van der Waals surface area contributed by atoms with Crippen LogP contribution in [0.1, 0.15) is 5.56 Å². The first kappa shape index (κ1) is 13.5. The molecule has 0 unspecified atom stereocenters. The van der Waals surface area contributed by atoms with Crippen LogP contribution in [0, 0.1) is 0 Å². The second-order valence-corrected chi connectivity index (χ2v) is 4.66. The van der Waals surface area contributed by atoms with E-state index in [9.17, 15) is 0 Å². The first-order valence-electron chi connectivity index (χ1n) is 6.25. The Kier molecular flexibility index (Phi) is 4.11. The molecule has 0 amide bonds. The third kappa shape index (κ3) is 2.90. The highest BCUT2D eigenvalue weighted by molar-refractivity contribution is 6.02. The van der Waals surface area contributed by atoms with Crippen molar-refractivity contribution in [2.75, 3.05) is 45.2 Å². The van der Waals surface area contributed by atoms with E-state index in [1.165, 1.54) is 0 Å². The molecule has 0 spiro atoms. The molecule has 6 nitrogen and oxygen atoms in total. The Morgan fingerprint density at radius 1 is 1.32 bits per heavy atom. The summed E-state index contributed by atoms with van der Waals surface area (Å²) >= 11 is 0. The Bertz CT molecular complexity index is 468. The van der Waals surface area contributed by atoms with E-state index in [1.54, 1.807) is 7.11 Å². The van der Waals surface area contributed by atoms with Crippen molar-refractivity contribution in [2.24, 2.45) is 10.9 Å². The van der Waals surface area contributed by atoms with Crippen molar-refractivity contribution in [3.8, 4) is 5.75 Å². The van der Waals surface area contributed by atoms with Crippen molar-refractivity contribution in [2.45, 2.75) is 0 Å². The minimum Gasteiger partial charge on any atom is -0.497 e. The van der Waals surface area contributed by atoms with Crippen molar-refractivity contribution in [1.82, 2.24) is 4.90 Å². The van der Waals surface area contributed by atoms with Crippen molar-refractivity contribution in [3.63, 3.8) is 0 Å². The lowest BCUT2D eigenvalue weighted by molar-refractivity contribution is 0.312. The van der Waals surface area contributed by atoms with Gasteiger partial charge in [-0.2, -0.15) is 0 Å². The summed E-state index contributed by atoms with van der Waals surface area (Å²) in [6, 6.07) is 5.56. The summed E-state index contributed by atoms with van der Waals surface area (Å²) in [6.45, 7) is 3.81. The van der Waals surface area contributed by atoms with Crippen LogP contribution in [0.5, 0.6) is 5.75 Å². The number of hydrogen-bond donors (Lipinski definition) is 2. The number of anilines is 1. The van der Waals surface area contributed by atoms with E-state index in [0.29, 0.717) is 0 Å². The predicted molar refractivity (Wildman–Crippen MR) is 75.2 cm³/mol. The quantitative estimate of drug-likeness (QED) is 0.361. The van der Waals surface area contributed by atoms with E-state index in [-0.39, 0.29) is 5.84 Å². The smallest absolute Gasteiger partial charge is 0.172 e. The maximum atomic E-state index is 8.88. The van der Waals surface area contributed by atoms with Crippen molar-refractivity contribution >= 4 is 11.5 Å². The first-order chi connectivity index (χ1) is 9.15. The van der Waals surface area contributed by atoms with Crippen LogP contribution in [0.2, 0.25) is 0 Å². The maximum Gasteiger partial charge on any atom is 0.172 e. The standard InChI is InChI=1S/C13H20N4O2/c1-16-5-7-17(8-6-16)12-9-10(19-2)3-4-11(12)13(14)15-18/h3-4,9,18H,5-8H2,1-2H3,(H2,14,15). The summed E-state index contributed by atoms with van der Waals surface area (Å²) in [7, 11) is 3.74. The van der Waals surface area contributed by atoms with Crippen LogP contribution in [0.3, 0.4) is 0 Å². The molecule has 0 aliphatic carbocycles. The van der Waals surface area contributed by atoms with Crippen LogP contribution >= 0.6 is 0 Å². The van der Waals surface area contributed by atoms with Gasteiger partial charge in [0.25, 0.3) is 0 Å². The van der Waals surface area contributed by atoms with Gasteiger partial charge in [-0.3, -0.25) is 0 Å². The molecule has 1 saturated heterocycles. The zero-order chi connectivity index (χ0) is 13.8. The highest BCUT2D eigenvalue weighted by Gasteiger charge is 2.19. The van der Waals surface area contributed by atoms with Crippen LogP contribution in [0.25, 0.3) is 0 Å². The number of piperazine rings is 1. The number of likely N-dealkylation sites (N-methyl/N-ethyl adjacent to an activating group) is 1. The van der Waals surface area contributed by atoms with Gasteiger partial charge in [0.05, 0.1) is 12.8 Å².